The number of nitrogens with two attached hydrogens (primary N) is 1. The van der Waals surface area contributed by atoms with Gasteiger partial charge in [0.15, 0.2) is 12.0 Å². The number of guanidine groups is 1. The summed E-state index contributed by atoms with van der Waals surface area (Å²) in [6.45, 7) is 4.03. The van der Waals surface area contributed by atoms with Crippen LogP contribution in [0.15, 0.2) is 17.4 Å². The van der Waals surface area contributed by atoms with Crippen LogP contribution in [0.25, 0.3) is 0 Å². The largest absolute Gasteiger partial charge is 0.370 e. The molecule has 0 aromatic carbocycles. The Kier molecular flexibility index (Phi) is 2.18. The number of hydrogen-bond acceptors (Lipinski definition) is 4. The summed E-state index contributed by atoms with van der Waals surface area (Å²) in [5.41, 5.74) is 6.18. The first kappa shape index (κ1) is 9.70. The van der Waals surface area contributed by atoms with Gasteiger partial charge < -0.3 is 5.73 Å². The summed E-state index contributed by atoms with van der Waals surface area (Å²) in [5, 5.41) is 6.60. The molecule has 6 heteroatoms. The van der Waals surface area contributed by atoms with Crippen LogP contribution in [0, 0.1) is 0 Å². The molecule has 0 bridgehead atoms. The van der Waals surface area contributed by atoms with E-state index in [1.165, 1.54) is 0 Å². The molecular weight excluding hydrogens is 194 g/mol. The maximum Gasteiger partial charge on any atom is 0.256 e. The Balaban J connectivity index is 2.26. The first-order valence-corrected chi connectivity index (χ1v) is 4.76. The Morgan fingerprint density at radius 2 is 2.33 bits per heavy atom. The second-order valence-electron chi connectivity index (χ2n) is 3.75. The summed E-state index contributed by atoms with van der Waals surface area (Å²) in [7, 11) is 0. The predicted octanol–water partition coefficient (Wildman–Crippen LogP) is -0.0504. The molecular formula is C9H13N5O. The van der Waals surface area contributed by atoms with Crippen LogP contribution in [0.5, 0.6) is 0 Å². The third kappa shape index (κ3) is 1.70. The van der Waals surface area contributed by atoms with Gasteiger partial charge in [-0.2, -0.15) is 5.10 Å². The van der Waals surface area contributed by atoms with Crippen molar-refractivity contribution in [2.45, 2.75) is 25.9 Å². The smallest absolute Gasteiger partial charge is 0.256 e. The second-order valence-corrected chi connectivity index (χ2v) is 3.75. The van der Waals surface area contributed by atoms with Crippen LogP contribution in [0.4, 0.5) is 0 Å². The van der Waals surface area contributed by atoms with E-state index >= 15 is 0 Å². The Hall–Kier alpha value is -1.85. The van der Waals surface area contributed by atoms with Crippen LogP contribution >= 0.6 is 0 Å². The molecule has 0 fully saturated rings. The Morgan fingerprint density at radius 1 is 1.60 bits per heavy atom. The monoisotopic (exact) mass is 207 g/mol. The molecule has 0 saturated heterocycles. The highest BCUT2D eigenvalue weighted by molar-refractivity contribution is 6.04. The summed E-state index contributed by atoms with van der Waals surface area (Å²) in [6, 6.07) is -0.276. The zero-order valence-electron chi connectivity index (χ0n) is 8.64. The van der Waals surface area contributed by atoms with Gasteiger partial charge in [0, 0.05) is 17.8 Å². The molecule has 0 aliphatic carbocycles. The number of hydrogen-bond donors (Lipinski definition) is 2. The molecule has 6 nitrogen and oxygen atoms in total. The molecule has 0 saturated carbocycles. The topological polar surface area (TPSA) is 85.3 Å². The van der Waals surface area contributed by atoms with Gasteiger partial charge >= 0.3 is 0 Å². The van der Waals surface area contributed by atoms with Crippen LogP contribution < -0.4 is 11.1 Å². The highest BCUT2D eigenvalue weighted by Gasteiger charge is 2.27. The molecule has 1 unspecified atom stereocenters. The van der Waals surface area contributed by atoms with E-state index in [0.29, 0.717) is 0 Å². The summed E-state index contributed by atoms with van der Waals surface area (Å²) < 4.78 is 1.78. The number of carbonyl (C=O) groups excluding carboxylic acids is 1. The summed E-state index contributed by atoms with van der Waals surface area (Å²) in [5.74, 6) is -0.0295. The van der Waals surface area contributed by atoms with Gasteiger partial charge in [-0.05, 0) is 13.8 Å². The maximum atomic E-state index is 11.4. The van der Waals surface area contributed by atoms with E-state index in [1.807, 2.05) is 20.0 Å². The van der Waals surface area contributed by atoms with Crippen LogP contribution in [-0.4, -0.2) is 21.6 Å². The molecule has 0 spiro atoms. The standard InChI is InChI=1S/C9H13N5O/c1-5(2)14-4-6(3-11-14)7-8(15)13-9(10)12-7/h3-5,7H,1-2H3,(H3,10,12,13,15). The van der Waals surface area contributed by atoms with Crippen molar-refractivity contribution >= 4 is 11.9 Å². The fraction of sp³-hybridized carbons (Fsp3) is 0.444. The zero-order valence-corrected chi connectivity index (χ0v) is 8.64. The van der Waals surface area contributed by atoms with E-state index in [-0.39, 0.29) is 17.9 Å². The molecule has 2 rings (SSSR count). The fourth-order valence-corrected chi connectivity index (χ4v) is 1.43. The predicted molar refractivity (Wildman–Crippen MR) is 55.1 cm³/mol. The maximum absolute atomic E-state index is 11.4. The van der Waals surface area contributed by atoms with Gasteiger partial charge in [-0.15, -0.1) is 0 Å². The number of nitrogens with zero attached hydrogens (tertiary/aromatic N) is 3. The van der Waals surface area contributed by atoms with Gasteiger partial charge in [0.05, 0.1) is 6.20 Å². The van der Waals surface area contributed by atoms with Crippen molar-refractivity contribution in [3.8, 4) is 0 Å². The molecule has 1 atom stereocenters. The number of nitrogens with one attached hydrogen (secondary N) is 1. The van der Waals surface area contributed by atoms with Gasteiger partial charge in [0.2, 0.25) is 0 Å². The van der Waals surface area contributed by atoms with E-state index < -0.39 is 6.04 Å². The van der Waals surface area contributed by atoms with Crippen molar-refractivity contribution in [1.82, 2.24) is 15.1 Å². The molecule has 3 N–H and O–H groups in total. The zero-order chi connectivity index (χ0) is 11.0. The average molecular weight is 207 g/mol. The average Bonchev–Trinajstić information content (AvgIpc) is 2.71. The minimum absolute atomic E-state index is 0.169. The van der Waals surface area contributed by atoms with Gasteiger partial charge in [-0.3, -0.25) is 14.8 Å². The third-order valence-electron chi connectivity index (χ3n) is 2.23. The van der Waals surface area contributed by atoms with Crippen molar-refractivity contribution < 1.29 is 4.79 Å². The lowest BCUT2D eigenvalue weighted by Gasteiger charge is -2.03. The molecule has 1 aromatic rings. The van der Waals surface area contributed by atoms with Crippen LogP contribution in [0.1, 0.15) is 31.5 Å². The number of aromatic nitrogens is 2. The van der Waals surface area contributed by atoms with Crippen molar-refractivity contribution in [3.05, 3.63) is 18.0 Å². The Bertz CT molecular complexity index is 420. The molecule has 1 amide bonds. The summed E-state index contributed by atoms with van der Waals surface area (Å²) >= 11 is 0. The molecule has 0 radical (unpaired) electrons. The Morgan fingerprint density at radius 3 is 2.80 bits per heavy atom. The quantitative estimate of drug-likeness (QED) is 0.713. The number of carbonyl (C=O) groups is 1. The molecule has 1 aromatic heterocycles. The highest BCUT2D eigenvalue weighted by Crippen LogP contribution is 2.20. The number of rotatable bonds is 2. The van der Waals surface area contributed by atoms with Crippen LogP contribution in [0.2, 0.25) is 0 Å². The van der Waals surface area contributed by atoms with E-state index in [1.54, 1.807) is 10.9 Å². The summed E-state index contributed by atoms with van der Waals surface area (Å²) in [4.78, 5) is 15.4. The molecule has 1 aliphatic heterocycles. The lowest BCUT2D eigenvalue weighted by molar-refractivity contribution is -0.120. The highest BCUT2D eigenvalue weighted by atomic mass is 16.2. The third-order valence-corrected chi connectivity index (χ3v) is 2.23. The lowest BCUT2D eigenvalue weighted by atomic mass is 10.2. The van der Waals surface area contributed by atoms with E-state index in [9.17, 15) is 4.79 Å². The SMILES string of the molecule is CC(C)n1cc(C2N=C(N)NC2=O)cn1. The number of aliphatic imine (C=N–C) groups is 1. The van der Waals surface area contributed by atoms with Crippen molar-refractivity contribution in [2.24, 2.45) is 10.7 Å². The van der Waals surface area contributed by atoms with E-state index in [4.69, 9.17) is 5.73 Å². The van der Waals surface area contributed by atoms with Gasteiger partial charge in [-0.1, -0.05) is 0 Å². The van der Waals surface area contributed by atoms with Gasteiger partial charge in [0.1, 0.15) is 0 Å². The minimum atomic E-state index is -0.544. The first-order chi connectivity index (χ1) is 7.08. The number of amides is 1. The fourth-order valence-electron chi connectivity index (χ4n) is 1.43. The first-order valence-electron chi connectivity index (χ1n) is 4.76. The summed E-state index contributed by atoms with van der Waals surface area (Å²) in [6.07, 6.45) is 3.46. The minimum Gasteiger partial charge on any atom is -0.370 e. The van der Waals surface area contributed by atoms with Crippen molar-refractivity contribution in [3.63, 3.8) is 0 Å². The second kappa shape index (κ2) is 3.38. The van der Waals surface area contributed by atoms with E-state index in [0.717, 1.165) is 5.56 Å². The van der Waals surface area contributed by atoms with Crippen molar-refractivity contribution in [1.29, 1.82) is 0 Å². The van der Waals surface area contributed by atoms with Crippen molar-refractivity contribution in [2.75, 3.05) is 0 Å². The molecule has 15 heavy (non-hydrogen) atoms. The normalized spacial score (nSPS) is 20.6. The van der Waals surface area contributed by atoms with Gasteiger partial charge in [-0.25, -0.2) is 4.99 Å². The molecule has 80 valence electrons. The molecule has 1 aliphatic rings. The van der Waals surface area contributed by atoms with Gasteiger partial charge in [0.25, 0.3) is 5.91 Å². The Labute approximate surface area is 87.2 Å². The lowest BCUT2D eigenvalue weighted by Crippen LogP contribution is -2.31. The van der Waals surface area contributed by atoms with E-state index in [2.05, 4.69) is 15.4 Å². The molecule has 2 heterocycles. The van der Waals surface area contributed by atoms with Crippen LogP contribution in [0.3, 0.4) is 0 Å². The van der Waals surface area contributed by atoms with Crippen LogP contribution in [-0.2, 0) is 4.79 Å².